The number of Topliss-reactive ketones (excluding diaryl/α,β-unsaturated/α-hetero) is 1. The molecule has 17 heavy (non-hydrogen) atoms. The molecule has 1 saturated carbocycles. The van der Waals surface area contributed by atoms with Gasteiger partial charge in [0.2, 0.25) is 0 Å². The molecule has 0 heterocycles. The van der Waals surface area contributed by atoms with E-state index in [-0.39, 0.29) is 11.5 Å². The highest BCUT2D eigenvalue weighted by Crippen LogP contribution is 2.25. The van der Waals surface area contributed by atoms with Crippen LogP contribution in [0.25, 0.3) is 0 Å². The summed E-state index contributed by atoms with van der Waals surface area (Å²) in [5.41, 5.74) is 1.76. The SMILES string of the molecule is Cc1ccccc1CS(=O)(=O)C1CCCC1=O. The molecule has 0 aromatic heterocycles. The Labute approximate surface area is 102 Å². The van der Waals surface area contributed by atoms with E-state index in [4.69, 9.17) is 0 Å². The summed E-state index contributed by atoms with van der Waals surface area (Å²) in [4.78, 5) is 11.5. The van der Waals surface area contributed by atoms with E-state index >= 15 is 0 Å². The first kappa shape index (κ1) is 12.3. The standard InChI is InChI=1S/C13H16O3S/c1-10-5-2-3-6-11(10)9-17(15,16)13-8-4-7-12(13)14/h2-3,5-6,13H,4,7-9H2,1H3. The molecule has 0 aliphatic heterocycles. The molecule has 0 N–H and O–H groups in total. The molecule has 1 atom stereocenters. The summed E-state index contributed by atoms with van der Waals surface area (Å²) in [7, 11) is -3.33. The zero-order valence-electron chi connectivity index (χ0n) is 9.85. The van der Waals surface area contributed by atoms with Crippen molar-refractivity contribution in [3.05, 3.63) is 35.4 Å². The molecule has 0 amide bonds. The topological polar surface area (TPSA) is 51.2 Å². The minimum Gasteiger partial charge on any atom is -0.298 e. The van der Waals surface area contributed by atoms with Gasteiger partial charge in [0, 0.05) is 6.42 Å². The Morgan fingerprint density at radius 3 is 2.59 bits per heavy atom. The number of carbonyl (C=O) groups is 1. The molecular weight excluding hydrogens is 236 g/mol. The summed E-state index contributed by atoms with van der Waals surface area (Å²) in [6.07, 6.45) is 1.61. The van der Waals surface area contributed by atoms with Gasteiger partial charge in [0.05, 0.1) is 5.75 Å². The van der Waals surface area contributed by atoms with Crippen LogP contribution in [0.3, 0.4) is 0 Å². The number of rotatable bonds is 3. The highest BCUT2D eigenvalue weighted by molar-refractivity contribution is 7.92. The van der Waals surface area contributed by atoms with Crippen molar-refractivity contribution < 1.29 is 13.2 Å². The van der Waals surface area contributed by atoms with Gasteiger partial charge in [-0.2, -0.15) is 0 Å². The minimum atomic E-state index is -3.33. The van der Waals surface area contributed by atoms with Crippen molar-refractivity contribution in [1.82, 2.24) is 0 Å². The first-order valence-corrected chi connectivity index (χ1v) is 7.51. The second-order valence-electron chi connectivity index (χ2n) is 4.58. The molecule has 3 nitrogen and oxygen atoms in total. The normalized spacial score (nSPS) is 20.8. The van der Waals surface area contributed by atoms with Crippen LogP contribution in [0.2, 0.25) is 0 Å². The van der Waals surface area contributed by atoms with Crippen LogP contribution in [0.4, 0.5) is 0 Å². The first-order chi connectivity index (χ1) is 8.00. The molecule has 0 spiro atoms. The van der Waals surface area contributed by atoms with Crippen molar-refractivity contribution in [2.75, 3.05) is 0 Å². The lowest BCUT2D eigenvalue weighted by molar-refractivity contribution is -0.117. The Hall–Kier alpha value is -1.16. The Kier molecular flexibility index (Phi) is 3.33. The molecule has 1 fully saturated rings. The van der Waals surface area contributed by atoms with Crippen LogP contribution >= 0.6 is 0 Å². The average Bonchev–Trinajstić information content (AvgIpc) is 2.68. The number of sulfone groups is 1. The second kappa shape index (κ2) is 4.61. The van der Waals surface area contributed by atoms with Crippen LogP contribution in [0.1, 0.15) is 30.4 Å². The van der Waals surface area contributed by atoms with Crippen LogP contribution in [-0.4, -0.2) is 19.5 Å². The maximum absolute atomic E-state index is 12.1. The molecule has 0 bridgehead atoms. The molecular formula is C13H16O3S. The predicted octanol–water partition coefficient (Wildman–Crippen LogP) is 2.03. The summed E-state index contributed by atoms with van der Waals surface area (Å²) < 4.78 is 24.3. The number of hydrogen-bond donors (Lipinski definition) is 0. The van der Waals surface area contributed by atoms with Crippen molar-refractivity contribution in [2.45, 2.75) is 37.2 Å². The third kappa shape index (κ3) is 2.57. The highest BCUT2D eigenvalue weighted by atomic mass is 32.2. The van der Waals surface area contributed by atoms with Crippen LogP contribution in [0.5, 0.6) is 0 Å². The van der Waals surface area contributed by atoms with Crippen LogP contribution in [0, 0.1) is 6.92 Å². The Balaban J connectivity index is 2.24. The van der Waals surface area contributed by atoms with Crippen LogP contribution in [0.15, 0.2) is 24.3 Å². The second-order valence-corrected chi connectivity index (χ2v) is 6.76. The fourth-order valence-electron chi connectivity index (χ4n) is 2.25. The molecule has 0 saturated heterocycles. The lowest BCUT2D eigenvalue weighted by Gasteiger charge is -2.11. The molecule has 2 rings (SSSR count). The predicted molar refractivity (Wildman–Crippen MR) is 66.4 cm³/mol. The van der Waals surface area contributed by atoms with E-state index in [9.17, 15) is 13.2 Å². The highest BCUT2D eigenvalue weighted by Gasteiger charge is 2.35. The fraction of sp³-hybridized carbons (Fsp3) is 0.462. The number of carbonyl (C=O) groups excluding carboxylic acids is 1. The smallest absolute Gasteiger partial charge is 0.164 e. The largest absolute Gasteiger partial charge is 0.298 e. The summed E-state index contributed by atoms with van der Waals surface area (Å²) in [5.74, 6) is -0.130. The molecule has 1 unspecified atom stereocenters. The molecule has 1 aliphatic rings. The zero-order valence-corrected chi connectivity index (χ0v) is 10.7. The maximum atomic E-state index is 12.1. The van der Waals surface area contributed by atoms with E-state index in [0.717, 1.165) is 11.1 Å². The Morgan fingerprint density at radius 1 is 1.29 bits per heavy atom. The number of hydrogen-bond acceptors (Lipinski definition) is 3. The van der Waals surface area contributed by atoms with Crippen molar-refractivity contribution >= 4 is 15.6 Å². The van der Waals surface area contributed by atoms with E-state index in [1.807, 2.05) is 31.2 Å². The Bertz CT molecular complexity index is 531. The molecule has 1 aromatic carbocycles. The van der Waals surface area contributed by atoms with E-state index in [1.165, 1.54) is 0 Å². The fourth-order valence-corrected chi connectivity index (χ4v) is 4.26. The average molecular weight is 252 g/mol. The number of ketones is 1. The summed E-state index contributed by atoms with van der Waals surface area (Å²) in [5, 5.41) is -0.762. The van der Waals surface area contributed by atoms with E-state index < -0.39 is 15.1 Å². The van der Waals surface area contributed by atoms with Gasteiger partial charge >= 0.3 is 0 Å². The van der Waals surface area contributed by atoms with Crippen LogP contribution in [-0.2, 0) is 20.4 Å². The summed E-state index contributed by atoms with van der Waals surface area (Å²) >= 11 is 0. The van der Waals surface area contributed by atoms with Gasteiger partial charge in [0.15, 0.2) is 15.6 Å². The number of aryl methyl sites for hydroxylation is 1. The van der Waals surface area contributed by atoms with Gasteiger partial charge in [-0.15, -0.1) is 0 Å². The third-order valence-corrected chi connectivity index (χ3v) is 5.38. The van der Waals surface area contributed by atoms with Gasteiger partial charge < -0.3 is 0 Å². The number of benzene rings is 1. The van der Waals surface area contributed by atoms with Gasteiger partial charge in [-0.3, -0.25) is 4.79 Å². The summed E-state index contributed by atoms with van der Waals surface area (Å²) in [6, 6.07) is 7.41. The molecule has 0 radical (unpaired) electrons. The van der Waals surface area contributed by atoms with Gasteiger partial charge in [0.25, 0.3) is 0 Å². The quantitative estimate of drug-likeness (QED) is 0.827. The van der Waals surface area contributed by atoms with Gasteiger partial charge in [-0.05, 0) is 30.9 Å². The van der Waals surface area contributed by atoms with Gasteiger partial charge in [0.1, 0.15) is 5.25 Å². The van der Waals surface area contributed by atoms with E-state index in [0.29, 0.717) is 19.3 Å². The third-order valence-electron chi connectivity index (χ3n) is 3.30. The van der Waals surface area contributed by atoms with E-state index in [2.05, 4.69) is 0 Å². The lowest BCUT2D eigenvalue weighted by Crippen LogP contribution is -2.26. The van der Waals surface area contributed by atoms with Crippen molar-refractivity contribution in [3.63, 3.8) is 0 Å². The lowest BCUT2D eigenvalue weighted by atomic mass is 10.1. The van der Waals surface area contributed by atoms with Crippen molar-refractivity contribution in [2.24, 2.45) is 0 Å². The maximum Gasteiger partial charge on any atom is 0.164 e. The molecule has 1 aliphatic carbocycles. The van der Waals surface area contributed by atoms with Crippen LogP contribution < -0.4 is 0 Å². The van der Waals surface area contributed by atoms with Gasteiger partial charge in [-0.1, -0.05) is 24.3 Å². The van der Waals surface area contributed by atoms with E-state index in [1.54, 1.807) is 0 Å². The monoisotopic (exact) mass is 252 g/mol. The minimum absolute atomic E-state index is 0.0178. The molecule has 92 valence electrons. The molecule has 1 aromatic rings. The van der Waals surface area contributed by atoms with Crippen molar-refractivity contribution in [1.29, 1.82) is 0 Å². The zero-order chi connectivity index (χ0) is 12.5. The Morgan fingerprint density at radius 2 is 2.00 bits per heavy atom. The van der Waals surface area contributed by atoms with Gasteiger partial charge in [-0.25, -0.2) is 8.42 Å². The molecule has 4 heteroatoms. The van der Waals surface area contributed by atoms with Crippen molar-refractivity contribution in [3.8, 4) is 0 Å². The summed E-state index contributed by atoms with van der Waals surface area (Å²) in [6.45, 7) is 1.89. The first-order valence-electron chi connectivity index (χ1n) is 5.79.